The first kappa shape index (κ1) is 11.2. The molecule has 4 N–H and O–H groups in total. The number of hydrogen-bond donors (Lipinski definition) is 2. The first-order valence-corrected chi connectivity index (χ1v) is 2.96. The zero-order valence-electron chi connectivity index (χ0n) is 4.63. The van der Waals surface area contributed by atoms with E-state index in [1.54, 1.807) is 0 Å². The number of thioether (sulfide) groups is 1. The molecule has 0 heterocycles. The molecule has 0 saturated heterocycles. The van der Waals surface area contributed by atoms with Gasteiger partial charge in [-0.3, -0.25) is 0 Å². The molecule has 3 nitrogen and oxygen atoms in total. The fourth-order valence-corrected chi connectivity index (χ4v) is 0.555. The van der Waals surface area contributed by atoms with Crippen molar-refractivity contribution in [1.29, 1.82) is 0 Å². The second kappa shape index (κ2) is 7.35. The third kappa shape index (κ3) is 6.35. The van der Waals surface area contributed by atoms with E-state index in [1.165, 1.54) is 11.8 Å². The van der Waals surface area contributed by atoms with E-state index in [9.17, 15) is 0 Å². The van der Waals surface area contributed by atoms with Crippen molar-refractivity contribution >= 4 is 40.9 Å². The largest absolute Gasteiger partial charge is 0.377 e. The van der Waals surface area contributed by atoms with Crippen molar-refractivity contribution in [2.45, 2.75) is 6.92 Å². The average Bonchev–Trinajstić information content (AvgIpc) is 1.68. The molecule has 0 aromatic heterocycles. The van der Waals surface area contributed by atoms with Crippen LogP contribution in [0.2, 0.25) is 0 Å². The summed E-state index contributed by atoms with van der Waals surface area (Å²) in [6, 6.07) is 0. The average molecular weight is 247 g/mol. The summed E-state index contributed by atoms with van der Waals surface area (Å²) >= 11 is 1.43. The summed E-state index contributed by atoms with van der Waals surface area (Å²) in [5.41, 5.74) is 5.17. The van der Waals surface area contributed by atoms with E-state index in [4.69, 9.17) is 11.6 Å². The van der Waals surface area contributed by atoms with Crippen molar-refractivity contribution in [2.75, 3.05) is 5.75 Å². The Kier molecular flexibility index (Phi) is 10.3. The highest BCUT2D eigenvalue weighted by atomic mass is 127. The highest BCUT2D eigenvalue weighted by molar-refractivity contribution is 14.0. The van der Waals surface area contributed by atoms with Gasteiger partial charge in [0.2, 0.25) is 0 Å². The minimum Gasteiger partial charge on any atom is -0.377 e. The summed E-state index contributed by atoms with van der Waals surface area (Å²) in [4.78, 5) is 0. The molecule has 0 aromatic rings. The molecule has 0 aliphatic carbocycles. The number of hydrazone groups is 1. The van der Waals surface area contributed by atoms with Crippen LogP contribution in [0.25, 0.3) is 0 Å². The van der Waals surface area contributed by atoms with Gasteiger partial charge in [-0.05, 0) is 5.75 Å². The molecule has 0 unspecified atom stereocenters. The third-order valence-electron chi connectivity index (χ3n) is 0.419. The van der Waals surface area contributed by atoms with E-state index >= 15 is 0 Å². The van der Waals surface area contributed by atoms with Crippen molar-refractivity contribution in [2.24, 2.45) is 16.7 Å². The lowest BCUT2D eigenvalue weighted by Crippen LogP contribution is -2.08. The predicted molar refractivity (Wildman–Crippen MR) is 49.4 cm³/mol. The summed E-state index contributed by atoms with van der Waals surface area (Å²) in [6.07, 6.45) is 0. The fourth-order valence-electron chi connectivity index (χ4n) is 0.185. The molecule has 50 valence electrons. The minimum atomic E-state index is 0. The molecule has 0 radical (unpaired) electrons. The summed E-state index contributed by atoms with van der Waals surface area (Å²) in [7, 11) is 0. The maximum Gasteiger partial charge on any atom is 0.177 e. The molecule has 0 rings (SSSR count). The van der Waals surface area contributed by atoms with Crippen LogP contribution in [-0.4, -0.2) is 10.9 Å². The van der Waals surface area contributed by atoms with Crippen LogP contribution in [0.1, 0.15) is 6.92 Å². The van der Waals surface area contributed by atoms with Gasteiger partial charge >= 0.3 is 0 Å². The summed E-state index contributed by atoms with van der Waals surface area (Å²) in [6.45, 7) is 1.99. The van der Waals surface area contributed by atoms with E-state index < -0.39 is 0 Å². The highest BCUT2D eigenvalue weighted by Gasteiger charge is 1.83. The van der Waals surface area contributed by atoms with Crippen molar-refractivity contribution in [3.05, 3.63) is 0 Å². The zero-order valence-corrected chi connectivity index (χ0v) is 7.77. The van der Waals surface area contributed by atoms with Crippen LogP contribution in [-0.2, 0) is 0 Å². The standard InChI is InChI=1S/C3H9N3S.HI/c1-2-7-3(4)6-5;/h2,5H2,1H3,(H2,4,6);1H. The number of hydrogen-bond acceptors (Lipinski definition) is 3. The summed E-state index contributed by atoms with van der Waals surface area (Å²) in [5, 5.41) is 3.68. The lowest BCUT2D eigenvalue weighted by atomic mass is 11.0. The molecule has 0 spiro atoms. The first-order valence-electron chi connectivity index (χ1n) is 1.97. The molecular formula is C3H10IN3S. The quantitative estimate of drug-likeness (QED) is 0.234. The molecule has 0 fully saturated rings. The van der Waals surface area contributed by atoms with E-state index in [1.807, 2.05) is 6.92 Å². The maximum atomic E-state index is 5.17. The van der Waals surface area contributed by atoms with Crippen molar-refractivity contribution in [1.82, 2.24) is 0 Å². The topological polar surface area (TPSA) is 64.4 Å². The second-order valence-electron chi connectivity index (χ2n) is 0.900. The van der Waals surface area contributed by atoms with Gasteiger partial charge in [0.25, 0.3) is 0 Å². The lowest BCUT2D eigenvalue weighted by molar-refractivity contribution is 1.25. The Bertz CT molecular complexity index is 74.9. The van der Waals surface area contributed by atoms with Crippen molar-refractivity contribution in [3.8, 4) is 0 Å². The monoisotopic (exact) mass is 247 g/mol. The van der Waals surface area contributed by atoms with Gasteiger partial charge in [-0.2, -0.15) is 5.10 Å². The van der Waals surface area contributed by atoms with Gasteiger partial charge in [-0.1, -0.05) is 18.7 Å². The zero-order chi connectivity index (χ0) is 5.70. The van der Waals surface area contributed by atoms with Crippen LogP contribution in [0.4, 0.5) is 0 Å². The number of nitrogens with two attached hydrogens (primary N) is 2. The smallest absolute Gasteiger partial charge is 0.177 e. The molecular weight excluding hydrogens is 237 g/mol. The Morgan fingerprint density at radius 2 is 2.25 bits per heavy atom. The highest BCUT2D eigenvalue weighted by Crippen LogP contribution is 1.94. The molecule has 8 heavy (non-hydrogen) atoms. The Labute approximate surface area is 70.3 Å². The van der Waals surface area contributed by atoms with Crippen molar-refractivity contribution in [3.63, 3.8) is 0 Å². The Balaban J connectivity index is 0. The van der Waals surface area contributed by atoms with Gasteiger partial charge in [0.05, 0.1) is 0 Å². The summed E-state index contributed by atoms with van der Waals surface area (Å²) in [5.74, 6) is 5.72. The SMILES string of the molecule is CCSC(N)=NN.I. The normalized spacial score (nSPS) is 10.4. The predicted octanol–water partition coefficient (Wildman–Crippen LogP) is 0.546. The van der Waals surface area contributed by atoms with Gasteiger partial charge in [-0.25, -0.2) is 0 Å². The van der Waals surface area contributed by atoms with E-state index in [0.717, 1.165) is 5.75 Å². The molecule has 0 aliphatic heterocycles. The van der Waals surface area contributed by atoms with E-state index in [2.05, 4.69) is 5.10 Å². The molecule has 0 saturated carbocycles. The number of halogens is 1. The van der Waals surface area contributed by atoms with Crippen LogP contribution < -0.4 is 11.6 Å². The molecule has 5 heteroatoms. The molecule has 0 aromatic carbocycles. The van der Waals surface area contributed by atoms with Gasteiger partial charge in [-0.15, -0.1) is 24.0 Å². The third-order valence-corrected chi connectivity index (χ3v) is 1.11. The maximum absolute atomic E-state index is 5.17. The van der Waals surface area contributed by atoms with Crippen LogP contribution in [0, 0.1) is 0 Å². The Hall–Kier alpha value is 0.350. The second-order valence-corrected chi connectivity index (χ2v) is 2.18. The summed E-state index contributed by atoms with van der Waals surface area (Å²) < 4.78 is 0. The Morgan fingerprint density at radius 1 is 1.75 bits per heavy atom. The van der Waals surface area contributed by atoms with E-state index in [-0.39, 0.29) is 24.0 Å². The van der Waals surface area contributed by atoms with Gasteiger partial charge in [0.1, 0.15) is 0 Å². The van der Waals surface area contributed by atoms with Crippen LogP contribution >= 0.6 is 35.7 Å². The Morgan fingerprint density at radius 3 is 2.38 bits per heavy atom. The van der Waals surface area contributed by atoms with Gasteiger partial charge < -0.3 is 11.6 Å². The van der Waals surface area contributed by atoms with Crippen LogP contribution in [0.15, 0.2) is 5.10 Å². The van der Waals surface area contributed by atoms with Gasteiger partial charge in [0.15, 0.2) is 5.17 Å². The molecule has 0 atom stereocenters. The van der Waals surface area contributed by atoms with Crippen LogP contribution in [0.5, 0.6) is 0 Å². The molecule has 0 bridgehead atoms. The fraction of sp³-hybridized carbons (Fsp3) is 0.667. The minimum absolute atomic E-state index is 0. The van der Waals surface area contributed by atoms with Gasteiger partial charge in [0, 0.05) is 0 Å². The van der Waals surface area contributed by atoms with Crippen molar-refractivity contribution < 1.29 is 0 Å². The number of nitrogens with zero attached hydrogens (tertiary/aromatic N) is 1. The number of rotatable bonds is 1. The lowest BCUT2D eigenvalue weighted by Gasteiger charge is -1.89. The van der Waals surface area contributed by atoms with E-state index in [0.29, 0.717) is 5.17 Å². The number of amidine groups is 1. The molecule has 0 aliphatic rings. The molecule has 0 amide bonds. The first-order chi connectivity index (χ1) is 3.31. The van der Waals surface area contributed by atoms with Crippen LogP contribution in [0.3, 0.4) is 0 Å².